The van der Waals surface area contributed by atoms with E-state index in [0.717, 1.165) is 11.3 Å². The maximum Gasteiger partial charge on any atom is 0.247 e. The number of primary sulfonamides is 1. The number of thiophene rings is 1. The van der Waals surface area contributed by atoms with Gasteiger partial charge in [0.15, 0.2) is 12.2 Å². The highest BCUT2D eigenvalue weighted by atomic mass is 32.2. The van der Waals surface area contributed by atoms with Gasteiger partial charge in [0.05, 0.1) is 11.1 Å². The summed E-state index contributed by atoms with van der Waals surface area (Å²) in [5, 5.41) is 4.96. The van der Waals surface area contributed by atoms with Crippen molar-refractivity contribution in [1.82, 2.24) is 4.98 Å². The second kappa shape index (κ2) is 3.19. The summed E-state index contributed by atoms with van der Waals surface area (Å²) in [5.41, 5.74) is 0. The molecule has 0 aromatic carbocycles. The van der Waals surface area contributed by atoms with Gasteiger partial charge in [-0.1, -0.05) is 0 Å². The first-order valence-electron chi connectivity index (χ1n) is 3.59. The van der Waals surface area contributed by atoms with Crippen molar-refractivity contribution in [3.05, 3.63) is 24.7 Å². The molecule has 0 aliphatic heterocycles. The van der Waals surface area contributed by atoms with Crippen LogP contribution in [0.1, 0.15) is 0 Å². The van der Waals surface area contributed by atoms with Crippen molar-refractivity contribution in [3.63, 3.8) is 0 Å². The van der Waals surface area contributed by atoms with E-state index in [4.69, 9.17) is 9.56 Å². The third kappa shape index (κ3) is 1.69. The van der Waals surface area contributed by atoms with Gasteiger partial charge in [0.1, 0.15) is 4.21 Å². The summed E-state index contributed by atoms with van der Waals surface area (Å²) in [4.78, 5) is 4.42. The zero-order valence-corrected chi connectivity index (χ0v) is 8.51. The maximum absolute atomic E-state index is 11.0. The summed E-state index contributed by atoms with van der Waals surface area (Å²) in [6.45, 7) is 0. The summed E-state index contributed by atoms with van der Waals surface area (Å²) in [5.74, 6) is 0.532. The number of hydrogen-bond donors (Lipinski definition) is 1. The highest BCUT2D eigenvalue weighted by Crippen LogP contribution is 2.29. The Kier molecular flexibility index (Phi) is 2.14. The van der Waals surface area contributed by atoms with E-state index >= 15 is 0 Å². The van der Waals surface area contributed by atoms with Crippen molar-refractivity contribution in [2.24, 2.45) is 5.14 Å². The van der Waals surface area contributed by atoms with Gasteiger partial charge in [0, 0.05) is 0 Å². The SMILES string of the molecule is NS(=O)(=O)c1ccc(-c2cnco2)s1. The van der Waals surface area contributed by atoms with Crippen molar-refractivity contribution < 1.29 is 12.8 Å². The molecule has 0 aliphatic rings. The second-order valence-electron chi connectivity index (χ2n) is 2.53. The van der Waals surface area contributed by atoms with Crippen LogP contribution in [0.5, 0.6) is 0 Å². The smallest absolute Gasteiger partial charge is 0.247 e. The molecule has 0 saturated carbocycles. The molecule has 0 bridgehead atoms. The minimum absolute atomic E-state index is 0.115. The van der Waals surface area contributed by atoms with Crippen LogP contribution in [-0.2, 0) is 10.0 Å². The maximum atomic E-state index is 11.0. The van der Waals surface area contributed by atoms with E-state index in [9.17, 15) is 8.42 Å². The summed E-state index contributed by atoms with van der Waals surface area (Å²) < 4.78 is 27.0. The van der Waals surface area contributed by atoms with E-state index in [1.54, 1.807) is 6.07 Å². The van der Waals surface area contributed by atoms with Crippen LogP contribution in [0.25, 0.3) is 10.6 Å². The minimum atomic E-state index is -3.62. The fourth-order valence-electron chi connectivity index (χ4n) is 0.943. The van der Waals surface area contributed by atoms with Crippen LogP contribution in [0.3, 0.4) is 0 Å². The van der Waals surface area contributed by atoms with Gasteiger partial charge >= 0.3 is 0 Å². The number of hydrogen-bond acceptors (Lipinski definition) is 5. The molecule has 7 heteroatoms. The fraction of sp³-hybridized carbons (Fsp3) is 0. The van der Waals surface area contributed by atoms with E-state index in [-0.39, 0.29) is 4.21 Å². The van der Waals surface area contributed by atoms with Crippen LogP contribution in [-0.4, -0.2) is 13.4 Å². The van der Waals surface area contributed by atoms with Crippen molar-refractivity contribution in [3.8, 4) is 10.6 Å². The van der Waals surface area contributed by atoms with Crippen LogP contribution in [0.15, 0.2) is 33.3 Å². The van der Waals surface area contributed by atoms with E-state index in [1.807, 2.05) is 0 Å². The molecule has 2 rings (SSSR count). The van der Waals surface area contributed by atoms with Crippen LogP contribution >= 0.6 is 11.3 Å². The monoisotopic (exact) mass is 230 g/mol. The first-order valence-corrected chi connectivity index (χ1v) is 5.95. The van der Waals surface area contributed by atoms with Crippen molar-refractivity contribution in [2.45, 2.75) is 4.21 Å². The Morgan fingerprint density at radius 1 is 1.43 bits per heavy atom. The molecule has 0 amide bonds. The molecule has 0 saturated heterocycles. The standard InChI is InChI=1S/C7H6N2O3S2/c8-14(10,11)7-2-1-6(13-7)5-3-9-4-12-5/h1-4H,(H2,8,10,11). The molecule has 0 atom stereocenters. The average Bonchev–Trinajstić information content (AvgIpc) is 2.73. The predicted octanol–water partition coefficient (Wildman–Crippen LogP) is 1.05. The van der Waals surface area contributed by atoms with Crippen molar-refractivity contribution in [2.75, 3.05) is 0 Å². The third-order valence-electron chi connectivity index (χ3n) is 1.54. The Labute approximate surface area is 84.2 Å². The van der Waals surface area contributed by atoms with Gasteiger partial charge in [0.2, 0.25) is 10.0 Å². The molecule has 0 fully saturated rings. The van der Waals surface area contributed by atoms with Crippen LogP contribution in [0, 0.1) is 0 Å². The molecule has 2 N–H and O–H groups in total. The molecule has 0 radical (unpaired) electrons. The third-order valence-corrected chi connectivity index (χ3v) is 4.08. The van der Waals surface area contributed by atoms with Gasteiger partial charge < -0.3 is 4.42 Å². The number of oxazole rings is 1. The predicted molar refractivity (Wildman–Crippen MR) is 51.2 cm³/mol. The largest absolute Gasteiger partial charge is 0.443 e. The lowest BCUT2D eigenvalue weighted by Crippen LogP contribution is -2.09. The Balaban J connectivity index is 2.46. The summed E-state index contributed by atoms with van der Waals surface area (Å²) in [6, 6.07) is 3.07. The lowest BCUT2D eigenvalue weighted by molar-refractivity contribution is 0.573. The highest BCUT2D eigenvalue weighted by Gasteiger charge is 2.13. The van der Waals surface area contributed by atoms with Gasteiger partial charge in [-0.25, -0.2) is 18.5 Å². The number of rotatable bonds is 2. The molecule has 5 nitrogen and oxygen atoms in total. The van der Waals surface area contributed by atoms with Gasteiger partial charge in [-0.2, -0.15) is 0 Å². The molecule has 2 heterocycles. The zero-order valence-electron chi connectivity index (χ0n) is 6.88. The van der Waals surface area contributed by atoms with Gasteiger partial charge in [-0.15, -0.1) is 11.3 Å². The molecule has 0 aliphatic carbocycles. The first-order chi connectivity index (χ1) is 6.57. The van der Waals surface area contributed by atoms with E-state index < -0.39 is 10.0 Å². The van der Waals surface area contributed by atoms with Crippen molar-refractivity contribution >= 4 is 21.4 Å². The lowest BCUT2D eigenvalue weighted by Gasteiger charge is -1.89. The zero-order chi connectivity index (χ0) is 10.2. The lowest BCUT2D eigenvalue weighted by atomic mass is 10.4. The molecule has 2 aromatic heterocycles. The van der Waals surface area contributed by atoms with Crippen molar-refractivity contribution in [1.29, 1.82) is 0 Å². The Hall–Kier alpha value is -1.18. The first kappa shape index (κ1) is 9.38. The van der Waals surface area contributed by atoms with Gasteiger partial charge in [-0.3, -0.25) is 0 Å². The van der Waals surface area contributed by atoms with E-state index in [1.165, 1.54) is 18.7 Å². The van der Waals surface area contributed by atoms with Crippen LogP contribution in [0.4, 0.5) is 0 Å². The molecular weight excluding hydrogens is 224 g/mol. The van der Waals surface area contributed by atoms with E-state index in [0.29, 0.717) is 10.6 Å². The minimum Gasteiger partial charge on any atom is -0.443 e. The number of sulfonamides is 1. The van der Waals surface area contributed by atoms with Gasteiger partial charge in [0.25, 0.3) is 0 Å². The Morgan fingerprint density at radius 3 is 2.71 bits per heavy atom. The quantitative estimate of drug-likeness (QED) is 0.835. The topological polar surface area (TPSA) is 86.2 Å². The summed E-state index contributed by atoms with van der Waals surface area (Å²) in [7, 11) is -3.62. The molecule has 2 aromatic rings. The molecular formula is C7H6N2O3S2. The number of aromatic nitrogens is 1. The normalized spacial score (nSPS) is 11.8. The van der Waals surface area contributed by atoms with Crippen LogP contribution in [0.2, 0.25) is 0 Å². The van der Waals surface area contributed by atoms with Gasteiger partial charge in [-0.05, 0) is 12.1 Å². The average molecular weight is 230 g/mol. The highest BCUT2D eigenvalue weighted by molar-refractivity contribution is 7.91. The fourth-order valence-corrected chi connectivity index (χ4v) is 2.62. The second-order valence-corrected chi connectivity index (χ2v) is 5.40. The molecule has 14 heavy (non-hydrogen) atoms. The molecule has 0 unspecified atom stereocenters. The summed E-state index contributed by atoms with van der Waals surface area (Å²) in [6.07, 6.45) is 2.80. The van der Waals surface area contributed by atoms with E-state index in [2.05, 4.69) is 4.98 Å². The van der Waals surface area contributed by atoms with Crippen LogP contribution < -0.4 is 5.14 Å². The molecule has 74 valence electrons. The Bertz CT molecular complexity index is 527. The number of nitrogens with two attached hydrogens (primary N) is 1. The molecule has 0 spiro atoms. The number of nitrogens with zero attached hydrogens (tertiary/aromatic N) is 1. The summed E-state index contributed by atoms with van der Waals surface area (Å²) >= 11 is 1.05. The Morgan fingerprint density at radius 2 is 2.21 bits per heavy atom.